The van der Waals surface area contributed by atoms with Crippen LogP contribution in [0.25, 0.3) is 0 Å². The van der Waals surface area contributed by atoms with E-state index in [1.165, 1.54) is 6.07 Å². The molecule has 0 amide bonds. The summed E-state index contributed by atoms with van der Waals surface area (Å²) in [5, 5.41) is 3.12. The molecule has 2 rings (SSSR count). The number of aromatic nitrogens is 2. The summed E-state index contributed by atoms with van der Waals surface area (Å²) in [6.07, 6.45) is 3.58. The van der Waals surface area contributed by atoms with Crippen LogP contribution >= 0.6 is 0 Å². The lowest BCUT2D eigenvalue weighted by Gasteiger charge is -2.11. The molecule has 0 bridgehead atoms. The van der Waals surface area contributed by atoms with E-state index in [0.29, 0.717) is 12.2 Å². The number of anilines is 1. The van der Waals surface area contributed by atoms with Gasteiger partial charge >= 0.3 is 0 Å². The Morgan fingerprint density at radius 2 is 2.24 bits per heavy atom. The molecule has 1 aromatic heterocycles. The second-order valence-corrected chi connectivity index (χ2v) is 3.96. The molecular weight excluding hydrogens is 217 g/mol. The monoisotopic (exact) mass is 233 g/mol. The summed E-state index contributed by atoms with van der Waals surface area (Å²) < 4.78 is 15.6. The van der Waals surface area contributed by atoms with Gasteiger partial charge in [-0.3, -0.25) is 0 Å². The van der Waals surface area contributed by atoms with E-state index in [1.807, 2.05) is 17.6 Å². The summed E-state index contributed by atoms with van der Waals surface area (Å²) in [7, 11) is 0. The van der Waals surface area contributed by atoms with Gasteiger partial charge in [0, 0.05) is 12.7 Å². The third kappa shape index (κ3) is 2.46. The fourth-order valence-electron chi connectivity index (χ4n) is 1.81. The zero-order valence-electron chi connectivity index (χ0n) is 10.1. The van der Waals surface area contributed by atoms with Crippen molar-refractivity contribution in [3.05, 3.63) is 47.8 Å². The number of rotatable bonds is 4. The summed E-state index contributed by atoms with van der Waals surface area (Å²) in [5.41, 5.74) is 2.53. The molecule has 0 atom stereocenters. The highest BCUT2D eigenvalue weighted by Gasteiger charge is 2.06. The van der Waals surface area contributed by atoms with E-state index in [-0.39, 0.29) is 5.82 Å². The molecule has 0 fully saturated rings. The van der Waals surface area contributed by atoms with Crippen molar-refractivity contribution in [3.8, 4) is 0 Å². The molecule has 4 heteroatoms. The Morgan fingerprint density at radius 3 is 2.94 bits per heavy atom. The molecule has 0 unspecified atom stereocenters. The minimum Gasteiger partial charge on any atom is -0.377 e. The van der Waals surface area contributed by atoms with Crippen molar-refractivity contribution in [1.82, 2.24) is 9.55 Å². The Bertz CT molecular complexity index is 485. The topological polar surface area (TPSA) is 29.9 Å². The van der Waals surface area contributed by atoms with Crippen LogP contribution in [-0.2, 0) is 13.1 Å². The Balaban J connectivity index is 2.13. The number of halogens is 1. The molecule has 1 aromatic carbocycles. The van der Waals surface area contributed by atoms with Crippen LogP contribution in [0.1, 0.15) is 18.2 Å². The maximum Gasteiger partial charge on any atom is 0.146 e. The quantitative estimate of drug-likeness (QED) is 0.879. The van der Waals surface area contributed by atoms with Crippen molar-refractivity contribution in [1.29, 1.82) is 0 Å². The van der Waals surface area contributed by atoms with Crippen LogP contribution in [0.15, 0.2) is 30.7 Å². The van der Waals surface area contributed by atoms with Crippen molar-refractivity contribution in [2.75, 3.05) is 5.32 Å². The van der Waals surface area contributed by atoms with Crippen molar-refractivity contribution < 1.29 is 4.39 Å². The van der Waals surface area contributed by atoms with Gasteiger partial charge in [-0.25, -0.2) is 9.37 Å². The third-order valence-electron chi connectivity index (χ3n) is 2.81. The van der Waals surface area contributed by atoms with E-state index < -0.39 is 0 Å². The average Bonchev–Trinajstić information content (AvgIpc) is 2.76. The predicted molar refractivity (Wildman–Crippen MR) is 66.4 cm³/mol. The van der Waals surface area contributed by atoms with E-state index in [0.717, 1.165) is 17.8 Å². The zero-order valence-corrected chi connectivity index (χ0v) is 10.1. The van der Waals surface area contributed by atoms with Crippen LogP contribution in [0.4, 0.5) is 10.1 Å². The van der Waals surface area contributed by atoms with Gasteiger partial charge in [0.05, 0.1) is 24.3 Å². The molecule has 0 saturated carbocycles. The smallest absolute Gasteiger partial charge is 0.146 e. The number of hydrogen-bond donors (Lipinski definition) is 1. The van der Waals surface area contributed by atoms with Gasteiger partial charge in [-0.2, -0.15) is 0 Å². The first-order chi connectivity index (χ1) is 8.22. The molecule has 1 N–H and O–H groups in total. The van der Waals surface area contributed by atoms with E-state index in [9.17, 15) is 4.39 Å². The molecule has 0 aliphatic heterocycles. The van der Waals surface area contributed by atoms with Crippen LogP contribution in [-0.4, -0.2) is 9.55 Å². The van der Waals surface area contributed by atoms with Crippen LogP contribution < -0.4 is 5.32 Å². The Kier molecular flexibility index (Phi) is 3.42. The lowest BCUT2D eigenvalue weighted by Crippen LogP contribution is -2.07. The zero-order chi connectivity index (χ0) is 12.3. The van der Waals surface area contributed by atoms with Gasteiger partial charge in [0.15, 0.2) is 0 Å². The summed E-state index contributed by atoms with van der Waals surface area (Å²) in [5.74, 6) is -0.215. The van der Waals surface area contributed by atoms with E-state index in [2.05, 4.69) is 17.2 Å². The fourth-order valence-corrected chi connectivity index (χ4v) is 1.81. The summed E-state index contributed by atoms with van der Waals surface area (Å²) in [6, 6.07) is 5.07. The Labute approximate surface area is 100 Å². The molecule has 0 radical (unpaired) electrons. The molecule has 17 heavy (non-hydrogen) atoms. The minimum absolute atomic E-state index is 0.215. The van der Waals surface area contributed by atoms with Crippen molar-refractivity contribution in [2.24, 2.45) is 0 Å². The Morgan fingerprint density at radius 1 is 1.41 bits per heavy atom. The number of benzene rings is 1. The van der Waals surface area contributed by atoms with Crippen LogP contribution in [0.2, 0.25) is 0 Å². The molecule has 90 valence electrons. The maximum absolute atomic E-state index is 13.6. The molecule has 3 nitrogen and oxygen atoms in total. The van der Waals surface area contributed by atoms with Crippen LogP contribution in [0.5, 0.6) is 0 Å². The van der Waals surface area contributed by atoms with Gasteiger partial charge in [0.1, 0.15) is 5.82 Å². The number of aryl methyl sites for hydroxylation is 2. The first-order valence-electron chi connectivity index (χ1n) is 5.70. The number of hydrogen-bond acceptors (Lipinski definition) is 2. The highest BCUT2D eigenvalue weighted by atomic mass is 19.1. The van der Waals surface area contributed by atoms with Crippen molar-refractivity contribution in [2.45, 2.75) is 26.9 Å². The van der Waals surface area contributed by atoms with Gasteiger partial charge < -0.3 is 9.88 Å². The SMILES string of the molecule is CCn1cncc1CNc1c(C)cccc1F. The number of nitrogens with zero attached hydrogens (tertiary/aromatic N) is 2. The van der Waals surface area contributed by atoms with Gasteiger partial charge in [0.2, 0.25) is 0 Å². The predicted octanol–water partition coefficient (Wildman–Crippen LogP) is 2.96. The van der Waals surface area contributed by atoms with Crippen molar-refractivity contribution in [3.63, 3.8) is 0 Å². The summed E-state index contributed by atoms with van der Waals surface area (Å²) in [4.78, 5) is 4.08. The lowest BCUT2D eigenvalue weighted by atomic mass is 10.2. The maximum atomic E-state index is 13.6. The van der Waals surface area contributed by atoms with Crippen LogP contribution in [0.3, 0.4) is 0 Å². The third-order valence-corrected chi connectivity index (χ3v) is 2.81. The minimum atomic E-state index is -0.215. The number of imidazole rings is 1. The number of para-hydroxylation sites is 1. The Hall–Kier alpha value is -1.84. The first-order valence-corrected chi connectivity index (χ1v) is 5.70. The molecule has 0 saturated heterocycles. The average molecular weight is 233 g/mol. The van der Waals surface area contributed by atoms with E-state index >= 15 is 0 Å². The highest BCUT2D eigenvalue weighted by Crippen LogP contribution is 2.19. The normalized spacial score (nSPS) is 10.5. The first kappa shape index (κ1) is 11.6. The van der Waals surface area contributed by atoms with E-state index in [4.69, 9.17) is 0 Å². The molecule has 2 aromatic rings. The van der Waals surface area contributed by atoms with Crippen molar-refractivity contribution >= 4 is 5.69 Å². The molecule has 0 aliphatic rings. The van der Waals surface area contributed by atoms with E-state index in [1.54, 1.807) is 18.6 Å². The molecule has 0 spiro atoms. The highest BCUT2D eigenvalue weighted by molar-refractivity contribution is 5.51. The fraction of sp³-hybridized carbons (Fsp3) is 0.308. The van der Waals surface area contributed by atoms with Gasteiger partial charge in [-0.05, 0) is 25.5 Å². The van der Waals surface area contributed by atoms with Gasteiger partial charge in [0.25, 0.3) is 0 Å². The summed E-state index contributed by atoms with van der Waals surface area (Å²) in [6.45, 7) is 5.39. The molecule has 1 heterocycles. The standard InChI is InChI=1S/C13H16FN3/c1-3-17-9-15-7-11(17)8-16-13-10(2)5-4-6-12(13)14/h4-7,9,16H,3,8H2,1-2H3. The lowest BCUT2D eigenvalue weighted by molar-refractivity contribution is 0.628. The molecule has 0 aliphatic carbocycles. The molecular formula is C13H16FN3. The second kappa shape index (κ2) is 4.99. The largest absolute Gasteiger partial charge is 0.377 e. The summed E-state index contributed by atoms with van der Waals surface area (Å²) >= 11 is 0. The second-order valence-electron chi connectivity index (χ2n) is 3.96. The van der Waals surface area contributed by atoms with Crippen LogP contribution in [0, 0.1) is 12.7 Å². The van der Waals surface area contributed by atoms with Gasteiger partial charge in [-0.1, -0.05) is 12.1 Å². The van der Waals surface area contributed by atoms with Gasteiger partial charge in [-0.15, -0.1) is 0 Å². The number of nitrogens with one attached hydrogen (secondary N) is 1.